The predicted molar refractivity (Wildman–Crippen MR) is 96.7 cm³/mol. The molecule has 1 aromatic heterocycles. The number of benzene rings is 1. The lowest BCUT2D eigenvalue weighted by molar-refractivity contribution is -0.116. The third kappa shape index (κ3) is 5.12. The van der Waals surface area contributed by atoms with Crippen LogP contribution in [-0.2, 0) is 4.79 Å². The normalized spacial score (nSPS) is 12.4. The highest BCUT2D eigenvalue weighted by Gasteiger charge is 2.17. The van der Waals surface area contributed by atoms with Crippen LogP contribution in [0.15, 0.2) is 47.1 Å². The molecule has 0 radical (unpaired) electrons. The molecule has 0 saturated carbocycles. The molecule has 0 aliphatic rings. The molecule has 1 amide bonds. The number of ether oxygens (including phenoxy) is 2. The molecule has 0 aliphatic carbocycles. The lowest BCUT2D eigenvalue weighted by atomic mass is 10.1. The van der Waals surface area contributed by atoms with Crippen LogP contribution in [0, 0.1) is 0 Å². The zero-order valence-corrected chi connectivity index (χ0v) is 15.0. The fourth-order valence-corrected chi connectivity index (χ4v) is 2.41. The van der Waals surface area contributed by atoms with Crippen LogP contribution in [0.1, 0.15) is 17.4 Å². The second-order valence-electron chi connectivity index (χ2n) is 5.68. The van der Waals surface area contributed by atoms with E-state index in [-0.39, 0.29) is 11.9 Å². The molecule has 1 unspecified atom stereocenters. The van der Waals surface area contributed by atoms with Crippen LogP contribution >= 0.6 is 0 Å². The van der Waals surface area contributed by atoms with Crippen molar-refractivity contribution in [3.63, 3.8) is 0 Å². The Bertz CT molecular complexity index is 708. The first-order valence-electron chi connectivity index (χ1n) is 7.93. The number of hydrogen-bond acceptors (Lipinski definition) is 5. The molecule has 1 atom stereocenters. The summed E-state index contributed by atoms with van der Waals surface area (Å²) in [7, 11) is 7.06. The molecule has 1 aromatic carbocycles. The number of furan rings is 1. The van der Waals surface area contributed by atoms with Crippen molar-refractivity contribution >= 4 is 12.0 Å². The van der Waals surface area contributed by atoms with Crippen LogP contribution in [0.4, 0.5) is 0 Å². The Morgan fingerprint density at radius 3 is 2.68 bits per heavy atom. The maximum Gasteiger partial charge on any atom is 0.244 e. The minimum atomic E-state index is -0.191. The van der Waals surface area contributed by atoms with E-state index in [4.69, 9.17) is 13.9 Å². The number of likely N-dealkylation sites (N-methyl/N-ethyl adjacent to an activating group) is 1. The number of rotatable bonds is 8. The summed E-state index contributed by atoms with van der Waals surface area (Å²) in [5.74, 6) is 1.99. The Labute approximate surface area is 148 Å². The lowest BCUT2D eigenvalue weighted by Crippen LogP contribution is -2.33. The molecule has 6 nitrogen and oxygen atoms in total. The van der Waals surface area contributed by atoms with Crippen molar-refractivity contribution in [1.82, 2.24) is 10.2 Å². The Morgan fingerprint density at radius 1 is 1.28 bits per heavy atom. The van der Waals surface area contributed by atoms with Gasteiger partial charge in [-0.2, -0.15) is 0 Å². The van der Waals surface area contributed by atoms with E-state index >= 15 is 0 Å². The SMILES string of the molecule is COc1ccc(OC)c(C=CC(=O)NCC(c2ccco2)N(C)C)c1. The number of carbonyl (C=O) groups is 1. The quantitative estimate of drug-likeness (QED) is 0.746. The predicted octanol–water partition coefficient (Wildman–Crippen LogP) is 2.73. The number of methoxy groups -OCH3 is 2. The third-order valence-corrected chi connectivity index (χ3v) is 3.82. The summed E-state index contributed by atoms with van der Waals surface area (Å²) < 4.78 is 15.9. The summed E-state index contributed by atoms with van der Waals surface area (Å²) >= 11 is 0. The molecule has 2 aromatic rings. The summed E-state index contributed by atoms with van der Waals surface area (Å²) in [5.41, 5.74) is 0.771. The highest BCUT2D eigenvalue weighted by molar-refractivity contribution is 5.92. The van der Waals surface area contributed by atoms with Crippen molar-refractivity contribution in [3.8, 4) is 11.5 Å². The molecule has 0 bridgehead atoms. The fraction of sp³-hybridized carbons (Fsp3) is 0.316. The zero-order valence-electron chi connectivity index (χ0n) is 15.0. The number of amides is 1. The Hall–Kier alpha value is -2.73. The Balaban J connectivity index is 2.01. The zero-order chi connectivity index (χ0) is 18.2. The van der Waals surface area contributed by atoms with E-state index < -0.39 is 0 Å². The van der Waals surface area contributed by atoms with E-state index in [1.807, 2.05) is 37.2 Å². The summed E-state index contributed by atoms with van der Waals surface area (Å²) in [6.45, 7) is 0.443. The van der Waals surface area contributed by atoms with E-state index in [1.54, 1.807) is 38.7 Å². The number of nitrogens with zero attached hydrogens (tertiary/aromatic N) is 1. The van der Waals surface area contributed by atoms with Gasteiger partial charge in [0.25, 0.3) is 0 Å². The van der Waals surface area contributed by atoms with Crippen LogP contribution in [0.5, 0.6) is 11.5 Å². The van der Waals surface area contributed by atoms with Gasteiger partial charge in [0.15, 0.2) is 0 Å². The standard InChI is InChI=1S/C19H24N2O4/c1-21(2)16(18-6-5-11-25-18)13-20-19(22)10-7-14-12-15(23-3)8-9-17(14)24-4/h5-12,16H,13H2,1-4H3,(H,20,22). The molecular formula is C19H24N2O4. The average Bonchev–Trinajstić information content (AvgIpc) is 3.13. The highest BCUT2D eigenvalue weighted by atomic mass is 16.5. The topological polar surface area (TPSA) is 63.9 Å². The van der Waals surface area contributed by atoms with Crippen LogP contribution in [0.3, 0.4) is 0 Å². The second-order valence-corrected chi connectivity index (χ2v) is 5.68. The second kappa shape index (κ2) is 8.94. The molecule has 0 fully saturated rings. The summed E-state index contributed by atoms with van der Waals surface area (Å²) in [6, 6.07) is 9.12. The van der Waals surface area contributed by atoms with Crippen molar-refractivity contribution < 1.29 is 18.7 Å². The molecule has 0 aliphatic heterocycles. The van der Waals surface area contributed by atoms with E-state index in [1.165, 1.54) is 6.08 Å². The molecule has 6 heteroatoms. The van der Waals surface area contributed by atoms with Crippen LogP contribution in [0.2, 0.25) is 0 Å². The molecule has 0 spiro atoms. The molecular weight excluding hydrogens is 320 g/mol. The van der Waals surface area contributed by atoms with Crippen molar-refractivity contribution in [3.05, 3.63) is 54.0 Å². The van der Waals surface area contributed by atoms with Gasteiger partial charge in [0.05, 0.1) is 26.5 Å². The number of carbonyl (C=O) groups excluding carboxylic acids is 1. The van der Waals surface area contributed by atoms with Crippen LogP contribution < -0.4 is 14.8 Å². The van der Waals surface area contributed by atoms with E-state index in [0.717, 1.165) is 11.3 Å². The van der Waals surface area contributed by atoms with E-state index in [0.29, 0.717) is 18.0 Å². The average molecular weight is 344 g/mol. The monoisotopic (exact) mass is 344 g/mol. The van der Waals surface area contributed by atoms with E-state index in [9.17, 15) is 4.79 Å². The lowest BCUT2D eigenvalue weighted by Gasteiger charge is -2.22. The van der Waals surface area contributed by atoms with Crippen molar-refractivity contribution in [2.75, 3.05) is 34.9 Å². The van der Waals surface area contributed by atoms with Crippen LogP contribution in [-0.4, -0.2) is 45.7 Å². The van der Waals surface area contributed by atoms with Gasteiger partial charge in [-0.3, -0.25) is 9.69 Å². The van der Waals surface area contributed by atoms with Gasteiger partial charge in [-0.25, -0.2) is 0 Å². The largest absolute Gasteiger partial charge is 0.497 e. The summed E-state index contributed by atoms with van der Waals surface area (Å²) in [5, 5.41) is 2.89. The Kier molecular flexibility index (Phi) is 6.65. The highest BCUT2D eigenvalue weighted by Crippen LogP contribution is 2.25. The number of nitrogens with one attached hydrogen (secondary N) is 1. The van der Waals surface area contributed by atoms with Gasteiger partial charge in [0, 0.05) is 18.2 Å². The first-order chi connectivity index (χ1) is 12.0. The molecule has 25 heavy (non-hydrogen) atoms. The van der Waals surface area contributed by atoms with Crippen molar-refractivity contribution in [2.24, 2.45) is 0 Å². The first kappa shape index (κ1) is 18.6. The van der Waals surface area contributed by atoms with Gasteiger partial charge >= 0.3 is 0 Å². The number of hydrogen-bond donors (Lipinski definition) is 1. The minimum Gasteiger partial charge on any atom is -0.497 e. The van der Waals surface area contributed by atoms with Gasteiger partial charge in [-0.05, 0) is 50.5 Å². The first-order valence-corrected chi connectivity index (χ1v) is 7.93. The van der Waals surface area contributed by atoms with E-state index in [2.05, 4.69) is 5.32 Å². The maximum atomic E-state index is 12.1. The third-order valence-electron chi connectivity index (χ3n) is 3.82. The van der Waals surface area contributed by atoms with Crippen molar-refractivity contribution in [2.45, 2.75) is 6.04 Å². The van der Waals surface area contributed by atoms with Crippen molar-refractivity contribution in [1.29, 1.82) is 0 Å². The minimum absolute atomic E-state index is 0.0290. The van der Waals surface area contributed by atoms with Gasteiger partial charge in [-0.1, -0.05) is 0 Å². The maximum absolute atomic E-state index is 12.1. The van der Waals surface area contributed by atoms with Gasteiger partial charge in [0.2, 0.25) is 5.91 Å². The molecule has 2 rings (SSSR count). The fourth-order valence-electron chi connectivity index (χ4n) is 2.41. The molecule has 1 heterocycles. The summed E-state index contributed by atoms with van der Waals surface area (Å²) in [6.07, 6.45) is 4.81. The molecule has 134 valence electrons. The smallest absolute Gasteiger partial charge is 0.244 e. The van der Waals surface area contributed by atoms with Crippen LogP contribution in [0.25, 0.3) is 6.08 Å². The van der Waals surface area contributed by atoms with Gasteiger partial charge in [-0.15, -0.1) is 0 Å². The summed E-state index contributed by atoms with van der Waals surface area (Å²) in [4.78, 5) is 14.1. The molecule has 1 N–H and O–H groups in total. The molecule has 0 saturated heterocycles. The Morgan fingerprint density at radius 2 is 2.08 bits per heavy atom. The van der Waals surface area contributed by atoms with Gasteiger partial charge in [0.1, 0.15) is 17.3 Å². The van der Waals surface area contributed by atoms with Gasteiger partial charge < -0.3 is 19.2 Å².